The molecule has 0 atom stereocenters. The van der Waals surface area contributed by atoms with Crippen LogP contribution in [0.5, 0.6) is 0 Å². The average Bonchev–Trinajstić information content (AvgIpc) is 2.81. The second kappa shape index (κ2) is 10.5. The molecule has 0 aliphatic carbocycles. The van der Waals surface area contributed by atoms with Gasteiger partial charge in [0, 0.05) is 38.3 Å². The fourth-order valence-corrected chi connectivity index (χ4v) is 5.61. The van der Waals surface area contributed by atoms with E-state index in [1.807, 2.05) is 18.7 Å². The van der Waals surface area contributed by atoms with Crippen LogP contribution in [0.2, 0.25) is 5.02 Å². The maximum absolute atomic E-state index is 13.2. The van der Waals surface area contributed by atoms with E-state index in [1.165, 1.54) is 22.5 Å². The number of rotatable bonds is 8. The summed E-state index contributed by atoms with van der Waals surface area (Å²) in [7, 11) is -3.72. The van der Waals surface area contributed by atoms with E-state index in [0.717, 1.165) is 25.3 Å². The molecular weight excluding hydrogens is 468 g/mol. The summed E-state index contributed by atoms with van der Waals surface area (Å²) in [6.45, 7) is 6.09. The molecule has 1 aliphatic heterocycles. The molecule has 178 valence electrons. The molecule has 0 radical (unpaired) electrons. The molecule has 33 heavy (non-hydrogen) atoms. The van der Waals surface area contributed by atoms with Crippen LogP contribution in [0.4, 0.5) is 17.1 Å². The lowest BCUT2D eigenvalue weighted by molar-refractivity contribution is -0.384. The quantitative estimate of drug-likeness (QED) is 0.426. The van der Waals surface area contributed by atoms with E-state index in [-0.39, 0.29) is 21.2 Å². The Labute approximate surface area is 198 Å². The van der Waals surface area contributed by atoms with E-state index in [0.29, 0.717) is 37.6 Å². The summed E-state index contributed by atoms with van der Waals surface area (Å²) in [6.07, 6.45) is 2.62. The molecule has 0 saturated carbocycles. The molecule has 0 spiro atoms. The average molecular weight is 495 g/mol. The van der Waals surface area contributed by atoms with Crippen molar-refractivity contribution in [1.82, 2.24) is 4.31 Å². The van der Waals surface area contributed by atoms with Crippen molar-refractivity contribution in [3.05, 3.63) is 57.1 Å². The van der Waals surface area contributed by atoms with Crippen molar-refractivity contribution in [3.8, 4) is 0 Å². The Morgan fingerprint density at radius 2 is 1.79 bits per heavy atom. The number of carbonyl (C=O) groups is 1. The molecule has 1 amide bonds. The van der Waals surface area contributed by atoms with Crippen LogP contribution in [0.25, 0.3) is 0 Å². The van der Waals surface area contributed by atoms with E-state index < -0.39 is 20.9 Å². The largest absolute Gasteiger partial charge is 0.370 e. The number of sulfonamides is 1. The highest BCUT2D eigenvalue weighted by atomic mass is 35.5. The fourth-order valence-electron chi connectivity index (χ4n) is 3.86. The van der Waals surface area contributed by atoms with E-state index in [1.54, 1.807) is 12.1 Å². The molecule has 1 fully saturated rings. The predicted molar refractivity (Wildman–Crippen MR) is 129 cm³/mol. The van der Waals surface area contributed by atoms with Crippen LogP contribution < -0.4 is 10.2 Å². The Bertz CT molecular complexity index is 1150. The van der Waals surface area contributed by atoms with E-state index >= 15 is 0 Å². The molecule has 1 heterocycles. The smallest absolute Gasteiger partial charge is 0.270 e. The van der Waals surface area contributed by atoms with E-state index in [4.69, 9.17) is 11.6 Å². The van der Waals surface area contributed by atoms with Gasteiger partial charge in [-0.3, -0.25) is 14.9 Å². The number of benzene rings is 2. The summed E-state index contributed by atoms with van der Waals surface area (Å²) in [5.41, 5.74) is 0.604. The molecule has 0 aromatic heterocycles. The monoisotopic (exact) mass is 494 g/mol. The summed E-state index contributed by atoms with van der Waals surface area (Å²) in [5.74, 6) is -0.662. The van der Waals surface area contributed by atoms with Gasteiger partial charge in [0.1, 0.15) is 0 Å². The van der Waals surface area contributed by atoms with Crippen molar-refractivity contribution in [2.75, 3.05) is 36.4 Å². The molecule has 0 unspecified atom stereocenters. The minimum Gasteiger partial charge on any atom is -0.370 e. The molecule has 9 nitrogen and oxygen atoms in total. The number of nitrogens with one attached hydrogen (secondary N) is 1. The Balaban J connectivity index is 2.03. The van der Waals surface area contributed by atoms with Gasteiger partial charge in [0.05, 0.1) is 31.8 Å². The lowest BCUT2D eigenvalue weighted by Crippen LogP contribution is -2.35. The highest BCUT2D eigenvalue weighted by Crippen LogP contribution is 2.32. The van der Waals surface area contributed by atoms with Gasteiger partial charge in [0.25, 0.3) is 11.6 Å². The third-order valence-electron chi connectivity index (χ3n) is 5.68. The first-order valence-corrected chi connectivity index (χ1v) is 12.6. The number of piperidine rings is 1. The third-order valence-corrected chi connectivity index (χ3v) is 7.90. The van der Waals surface area contributed by atoms with Gasteiger partial charge in [0.15, 0.2) is 0 Å². The second-order valence-corrected chi connectivity index (χ2v) is 10.0. The lowest BCUT2D eigenvalue weighted by atomic mass is 10.1. The minimum absolute atomic E-state index is 0.0552. The van der Waals surface area contributed by atoms with Gasteiger partial charge in [0.2, 0.25) is 10.0 Å². The zero-order valence-corrected chi connectivity index (χ0v) is 20.2. The van der Waals surface area contributed by atoms with Crippen LogP contribution in [0.1, 0.15) is 43.5 Å². The Hall–Kier alpha value is -2.69. The number of halogens is 1. The van der Waals surface area contributed by atoms with Crippen LogP contribution >= 0.6 is 11.6 Å². The molecule has 2 aromatic carbocycles. The normalized spacial score (nSPS) is 14.6. The van der Waals surface area contributed by atoms with Gasteiger partial charge in [-0.15, -0.1) is 0 Å². The summed E-state index contributed by atoms with van der Waals surface area (Å²) in [6, 6.07) is 8.27. The SMILES string of the molecule is CCN(CC)c1ccc(S(=O)(=O)N2CCCCC2)cc1NC(=O)c1cc([N+](=O)[O-])ccc1Cl. The zero-order chi connectivity index (χ0) is 24.2. The molecule has 1 saturated heterocycles. The summed E-state index contributed by atoms with van der Waals surface area (Å²) >= 11 is 6.13. The Morgan fingerprint density at radius 3 is 2.39 bits per heavy atom. The van der Waals surface area contributed by atoms with Crippen molar-refractivity contribution in [2.24, 2.45) is 0 Å². The lowest BCUT2D eigenvalue weighted by Gasteiger charge is -2.28. The van der Waals surface area contributed by atoms with Crippen LogP contribution in [-0.2, 0) is 10.0 Å². The van der Waals surface area contributed by atoms with Crippen molar-refractivity contribution in [3.63, 3.8) is 0 Å². The van der Waals surface area contributed by atoms with Crippen molar-refractivity contribution in [1.29, 1.82) is 0 Å². The van der Waals surface area contributed by atoms with Gasteiger partial charge in [-0.25, -0.2) is 8.42 Å². The van der Waals surface area contributed by atoms with Gasteiger partial charge >= 0.3 is 0 Å². The van der Waals surface area contributed by atoms with Crippen molar-refractivity contribution < 1.29 is 18.1 Å². The molecule has 11 heteroatoms. The first-order chi connectivity index (χ1) is 15.7. The summed E-state index contributed by atoms with van der Waals surface area (Å²) < 4.78 is 27.8. The number of non-ortho nitro benzene ring substituents is 1. The van der Waals surface area contributed by atoms with Crippen LogP contribution in [-0.4, -0.2) is 49.7 Å². The Kier molecular flexibility index (Phi) is 7.93. The fraction of sp³-hybridized carbons (Fsp3) is 0.409. The van der Waals surface area contributed by atoms with Gasteiger partial charge in [-0.2, -0.15) is 4.31 Å². The molecule has 1 aliphatic rings. The highest BCUT2D eigenvalue weighted by molar-refractivity contribution is 7.89. The zero-order valence-electron chi connectivity index (χ0n) is 18.6. The number of anilines is 2. The number of nitro groups is 1. The van der Waals surface area contributed by atoms with E-state index in [2.05, 4.69) is 5.32 Å². The molecule has 1 N–H and O–H groups in total. The number of hydrogen-bond donors (Lipinski definition) is 1. The number of amides is 1. The highest BCUT2D eigenvalue weighted by Gasteiger charge is 2.27. The summed E-state index contributed by atoms with van der Waals surface area (Å²) in [4.78, 5) is 25.6. The second-order valence-electron chi connectivity index (χ2n) is 7.69. The maximum atomic E-state index is 13.2. The van der Waals surface area contributed by atoms with Crippen LogP contribution in [0, 0.1) is 10.1 Å². The number of nitrogens with zero attached hydrogens (tertiary/aromatic N) is 3. The third kappa shape index (κ3) is 5.45. The van der Waals surface area contributed by atoms with Crippen molar-refractivity contribution >= 4 is 44.6 Å². The standard InChI is InChI=1S/C22H27ClN4O5S/c1-3-25(4-2)21-11-9-17(33(31,32)26-12-6-5-7-13-26)15-20(21)24-22(28)18-14-16(27(29)30)8-10-19(18)23/h8-11,14-15H,3-7,12-13H2,1-2H3,(H,24,28). The number of nitro benzene ring substituents is 1. The van der Waals surface area contributed by atoms with Crippen LogP contribution in [0.15, 0.2) is 41.3 Å². The first-order valence-electron chi connectivity index (χ1n) is 10.8. The molecular formula is C22H27ClN4O5S. The molecule has 3 rings (SSSR count). The van der Waals surface area contributed by atoms with Gasteiger partial charge < -0.3 is 10.2 Å². The molecule has 0 bridgehead atoms. The van der Waals surface area contributed by atoms with Crippen LogP contribution in [0.3, 0.4) is 0 Å². The van der Waals surface area contributed by atoms with Gasteiger partial charge in [-0.1, -0.05) is 18.0 Å². The molecule has 2 aromatic rings. The summed E-state index contributed by atoms with van der Waals surface area (Å²) in [5, 5.41) is 13.9. The maximum Gasteiger partial charge on any atom is 0.270 e. The minimum atomic E-state index is -3.72. The van der Waals surface area contributed by atoms with Crippen molar-refractivity contribution in [2.45, 2.75) is 38.0 Å². The predicted octanol–water partition coefficient (Wildman–Crippen LogP) is 4.52. The number of hydrogen-bond acceptors (Lipinski definition) is 6. The first kappa shape index (κ1) is 24.9. The van der Waals surface area contributed by atoms with E-state index in [9.17, 15) is 23.3 Å². The number of carbonyl (C=O) groups excluding carboxylic acids is 1. The Morgan fingerprint density at radius 1 is 1.12 bits per heavy atom. The van der Waals surface area contributed by atoms with Gasteiger partial charge in [-0.05, 0) is 51.0 Å². The topological polar surface area (TPSA) is 113 Å².